The maximum atomic E-state index is 10.5. The molecule has 0 heterocycles. The molecule has 16 heavy (non-hydrogen) atoms. The molecule has 0 unspecified atom stereocenters. The molecule has 2 rings (SSSR count). The third kappa shape index (κ3) is 2.80. The Hall–Kier alpha value is -0.0400. The third-order valence-corrected chi connectivity index (χ3v) is 5.15. The first kappa shape index (κ1) is 12.4. The van der Waals surface area contributed by atoms with E-state index in [0.717, 1.165) is 19.3 Å². The van der Waals surface area contributed by atoms with Gasteiger partial charge in [0.1, 0.15) is 0 Å². The van der Waals surface area contributed by atoms with E-state index in [9.17, 15) is 5.11 Å². The van der Waals surface area contributed by atoms with Crippen molar-refractivity contribution in [3.8, 4) is 0 Å². The molecule has 0 amide bonds. The van der Waals surface area contributed by atoms with Crippen LogP contribution in [0.3, 0.4) is 0 Å². The van der Waals surface area contributed by atoms with E-state index in [0.29, 0.717) is 5.41 Å². The number of hydrogen-bond acceptors (Lipinski definition) is 1. The lowest BCUT2D eigenvalue weighted by Crippen LogP contribution is -2.38. The van der Waals surface area contributed by atoms with Crippen molar-refractivity contribution in [1.82, 2.24) is 0 Å². The van der Waals surface area contributed by atoms with Crippen molar-refractivity contribution in [3.63, 3.8) is 0 Å². The topological polar surface area (TPSA) is 20.2 Å². The molecule has 94 valence electrons. The molecule has 1 N–H and O–H groups in total. The molecule has 0 saturated heterocycles. The molecule has 0 atom stereocenters. The van der Waals surface area contributed by atoms with Crippen LogP contribution in [0, 0.1) is 5.41 Å². The molecule has 0 aromatic carbocycles. The molecule has 0 aromatic heterocycles. The zero-order chi connectivity index (χ0) is 11.5. The minimum Gasteiger partial charge on any atom is -0.390 e. The van der Waals surface area contributed by atoms with Crippen molar-refractivity contribution < 1.29 is 5.11 Å². The molecule has 0 radical (unpaired) electrons. The monoisotopic (exact) mass is 224 g/mol. The van der Waals surface area contributed by atoms with E-state index in [2.05, 4.69) is 6.92 Å². The van der Waals surface area contributed by atoms with Gasteiger partial charge in [0.15, 0.2) is 0 Å². The van der Waals surface area contributed by atoms with Gasteiger partial charge in [0.05, 0.1) is 5.60 Å². The summed E-state index contributed by atoms with van der Waals surface area (Å²) in [4.78, 5) is 0. The summed E-state index contributed by atoms with van der Waals surface area (Å²) in [5.74, 6) is 0. The predicted octanol–water partition coefficient (Wildman–Crippen LogP) is 4.43. The van der Waals surface area contributed by atoms with E-state index in [1.807, 2.05) is 0 Å². The molecule has 1 nitrogen and oxygen atoms in total. The van der Waals surface area contributed by atoms with Gasteiger partial charge >= 0.3 is 0 Å². The Balaban J connectivity index is 1.78. The first-order valence-corrected chi connectivity index (χ1v) is 7.41. The number of unbranched alkanes of at least 4 members (excludes halogenated alkanes) is 2. The third-order valence-electron chi connectivity index (χ3n) is 5.15. The normalized spacial score (nSPS) is 27.4. The van der Waals surface area contributed by atoms with Crippen molar-refractivity contribution >= 4 is 0 Å². The fraction of sp³-hybridized carbons (Fsp3) is 1.00. The fourth-order valence-corrected chi connectivity index (χ4v) is 3.82. The SMILES string of the molecule is CCCCCC1(O)CCC2(CCCC2)CC1. The van der Waals surface area contributed by atoms with Gasteiger partial charge in [-0.15, -0.1) is 0 Å². The van der Waals surface area contributed by atoms with E-state index in [1.165, 1.54) is 57.8 Å². The number of rotatable bonds is 4. The van der Waals surface area contributed by atoms with Gasteiger partial charge in [0.2, 0.25) is 0 Å². The Morgan fingerprint density at radius 2 is 1.50 bits per heavy atom. The molecule has 2 aliphatic rings. The zero-order valence-corrected chi connectivity index (χ0v) is 10.9. The Labute approximate surface area is 101 Å². The first-order chi connectivity index (χ1) is 7.68. The van der Waals surface area contributed by atoms with E-state index >= 15 is 0 Å². The maximum absolute atomic E-state index is 10.5. The average Bonchev–Trinajstić information content (AvgIpc) is 2.73. The summed E-state index contributed by atoms with van der Waals surface area (Å²) in [5, 5.41) is 10.5. The largest absolute Gasteiger partial charge is 0.390 e. The molecular weight excluding hydrogens is 196 g/mol. The van der Waals surface area contributed by atoms with Crippen LogP contribution in [0.5, 0.6) is 0 Å². The van der Waals surface area contributed by atoms with Crippen LogP contribution in [-0.4, -0.2) is 10.7 Å². The van der Waals surface area contributed by atoms with Crippen molar-refractivity contribution in [2.75, 3.05) is 0 Å². The van der Waals surface area contributed by atoms with Gasteiger partial charge in [-0.2, -0.15) is 0 Å². The second kappa shape index (κ2) is 5.08. The lowest BCUT2D eigenvalue weighted by Gasteiger charge is -2.42. The highest BCUT2D eigenvalue weighted by Crippen LogP contribution is 2.51. The smallest absolute Gasteiger partial charge is 0.0648 e. The van der Waals surface area contributed by atoms with Gasteiger partial charge in [-0.3, -0.25) is 0 Å². The quantitative estimate of drug-likeness (QED) is 0.700. The second-order valence-corrected chi connectivity index (χ2v) is 6.39. The Morgan fingerprint density at radius 1 is 0.875 bits per heavy atom. The van der Waals surface area contributed by atoms with Crippen molar-refractivity contribution in [3.05, 3.63) is 0 Å². The molecule has 0 aliphatic heterocycles. The Kier molecular flexibility index (Phi) is 3.94. The zero-order valence-electron chi connectivity index (χ0n) is 10.9. The second-order valence-electron chi connectivity index (χ2n) is 6.39. The molecule has 1 spiro atoms. The van der Waals surface area contributed by atoms with Crippen LogP contribution in [0.15, 0.2) is 0 Å². The maximum Gasteiger partial charge on any atom is 0.0648 e. The Morgan fingerprint density at radius 3 is 2.06 bits per heavy atom. The van der Waals surface area contributed by atoms with E-state index < -0.39 is 0 Å². The Bertz CT molecular complexity index is 205. The van der Waals surface area contributed by atoms with Gasteiger partial charge < -0.3 is 5.11 Å². The van der Waals surface area contributed by atoms with Crippen LogP contribution in [0.25, 0.3) is 0 Å². The highest BCUT2D eigenvalue weighted by atomic mass is 16.3. The van der Waals surface area contributed by atoms with E-state index in [4.69, 9.17) is 0 Å². The number of aliphatic hydroxyl groups is 1. The highest BCUT2D eigenvalue weighted by molar-refractivity contribution is 4.95. The molecule has 0 bridgehead atoms. The van der Waals surface area contributed by atoms with Crippen molar-refractivity contribution in [2.45, 2.75) is 89.6 Å². The van der Waals surface area contributed by atoms with Crippen LogP contribution < -0.4 is 0 Å². The molecule has 2 aliphatic carbocycles. The van der Waals surface area contributed by atoms with E-state index in [-0.39, 0.29) is 5.60 Å². The molecule has 2 saturated carbocycles. The summed E-state index contributed by atoms with van der Waals surface area (Å²) < 4.78 is 0. The summed E-state index contributed by atoms with van der Waals surface area (Å²) in [5.41, 5.74) is 0.375. The van der Waals surface area contributed by atoms with Crippen LogP contribution in [0.1, 0.15) is 84.0 Å². The predicted molar refractivity (Wildman–Crippen MR) is 68.5 cm³/mol. The minimum absolute atomic E-state index is 0.289. The lowest BCUT2D eigenvalue weighted by molar-refractivity contribution is -0.0403. The average molecular weight is 224 g/mol. The lowest BCUT2D eigenvalue weighted by atomic mass is 9.66. The summed E-state index contributed by atoms with van der Waals surface area (Å²) in [6, 6.07) is 0. The summed E-state index contributed by atoms with van der Waals surface area (Å²) in [6.07, 6.45) is 15.3. The standard InChI is InChI=1S/C15H28O/c1-2-3-4-9-15(16)12-10-14(11-13-15)7-5-6-8-14/h16H,2-13H2,1H3. The summed E-state index contributed by atoms with van der Waals surface area (Å²) in [7, 11) is 0. The van der Waals surface area contributed by atoms with Gasteiger partial charge in [-0.1, -0.05) is 39.0 Å². The number of hydrogen-bond donors (Lipinski definition) is 1. The van der Waals surface area contributed by atoms with Gasteiger partial charge in [-0.05, 0) is 50.4 Å². The van der Waals surface area contributed by atoms with Gasteiger partial charge in [-0.25, -0.2) is 0 Å². The van der Waals surface area contributed by atoms with Crippen LogP contribution in [0.4, 0.5) is 0 Å². The summed E-state index contributed by atoms with van der Waals surface area (Å²) in [6.45, 7) is 2.23. The summed E-state index contributed by atoms with van der Waals surface area (Å²) >= 11 is 0. The molecular formula is C15H28O. The van der Waals surface area contributed by atoms with Crippen molar-refractivity contribution in [2.24, 2.45) is 5.41 Å². The van der Waals surface area contributed by atoms with Gasteiger partial charge in [0, 0.05) is 0 Å². The molecule has 2 fully saturated rings. The van der Waals surface area contributed by atoms with Crippen molar-refractivity contribution in [1.29, 1.82) is 0 Å². The van der Waals surface area contributed by atoms with Crippen LogP contribution in [0.2, 0.25) is 0 Å². The molecule has 0 aromatic rings. The van der Waals surface area contributed by atoms with Gasteiger partial charge in [0.25, 0.3) is 0 Å². The molecule has 1 heteroatoms. The minimum atomic E-state index is -0.289. The van der Waals surface area contributed by atoms with Crippen LogP contribution >= 0.6 is 0 Å². The fourth-order valence-electron chi connectivity index (χ4n) is 3.82. The van der Waals surface area contributed by atoms with Crippen LogP contribution in [-0.2, 0) is 0 Å². The highest BCUT2D eigenvalue weighted by Gasteiger charge is 2.42. The van der Waals surface area contributed by atoms with E-state index in [1.54, 1.807) is 0 Å². The first-order valence-electron chi connectivity index (χ1n) is 7.41.